The molecule has 0 aliphatic carbocycles. The second-order valence-corrected chi connectivity index (χ2v) is 7.54. The Morgan fingerprint density at radius 1 is 1.19 bits per heavy atom. The van der Waals surface area contributed by atoms with Crippen molar-refractivity contribution >= 4 is 29.0 Å². The average Bonchev–Trinajstić information content (AvgIpc) is 2.65. The van der Waals surface area contributed by atoms with E-state index >= 15 is 0 Å². The molecule has 0 amide bonds. The van der Waals surface area contributed by atoms with Gasteiger partial charge in [-0.15, -0.1) is 0 Å². The fourth-order valence-electron chi connectivity index (χ4n) is 3.33. The van der Waals surface area contributed by atoms with Crippen molar-refractivity contribution in [2.75, 3.05) is 18.0 Å². The minimum atomic E-state index is -0.605. The third kappa shape index (κ3) is 3.67. The number of aliphatic hydroxyl groups excluding tert-OH is 1. The summed E-state index contributed by atoms with van der Waals surface area (Å²) in [7, 11) is 0. The number of hydrogen-bond acceptors (Lipinski definition) is 5. The van der Waals surface area contributed by atoms with E-state index in [1.54, 1.807) is 6.07 Å². The van der Waals surface area contributed by atoms with Crippen LogP contribution in [0.2, 0.25) is 10.0 Å². The molecule has 140 valence electrons. The monoisotopic (exact) mass is 395 g/mol. The average molecular weight is 396 g/mol. The van der Waals surface area contributed by atoms with Crippen molar-refractivity contribution in [1.82, 2.24) is 9.97 Å². The first-order chi connectivity index (χ1) is 12.4. The summed E-state index contributed by atoms with van der Waals surface area (Å²) in [4.78, 5) is 11.4. The smallest absolute Gasteiger partial charge is 0.153 e. The lowest BCUT2D eigenvalue weighted by Crippen LogP contribution is -2.44. The molecule has 2 heterocycles. The van der Waals surface area contributed by atoms with Crippen LogP contribution >= 0.6 is 23.2 Å². The maximum Gasteiger partial charge on any atom is 0.153 e. The van der Waals surface area contributed by atoms with Gasteiger partial charge in [-0.2, -0.15) is 0 Å². The third-order valence-electron chi connectivity index (χ3n) is 5.13. The number of aliphatic hydroxyl groups is 2. The van der Waals surface area contributed by atoms with Crippen LogP contribution in [0.25, 0.3) is 11.3 Å². The molecule has 3 rings (SSSR count). The van der Waals surface area contributed by atoms with E-state index in [1.807, 2.05) is 26.0 Å². The summed E-state index contributed by atoms with van der Waals surface area (Å²) in [6.07, 6.45) is 2.10. The highest BCUT2D eigenvalue weighted by Crippen LogP contribution is 2.35. The van der Waals surface area contributed by atoms with Crippen LogP contribution < -0.4 is 4.90 Å². The number of hydrogen-bond donors (Lipinski definition) is 2. The van der Waals surface area contributed by atoms with Crippen LogP contribution in [0.15, 0.2) is 18.2 Å². The number of aryl methyl sites for hydroxylation is 1. The van der Waals surface area contributed by atoms with Crippen molar-refractivity contribution in [3.8, 4) is 11.3 Å². The van der Waals surface area contributed by atoms with Gasteiger partial charge in [-0.3, -0.25) is 0 Å². The standard InChI is InChI=1S/C19H23Cl2N3O2/c1-3-19(26)7-9-24(10-8-19)18-15(11-25)23-17(12(2)22-18)13-5-4-6-14(20)16(13)21/h4-6,25-26H,3,7-11H2,1-2H3. The highest BCUT2D eigenvalue weighted by Gasteiger charge is 2.32. The molecule has 7 heteroatoms. The van der Waals surface area contributed by atoms with Crippen LogP contribution in [0.3, 0.4) is 0 Å². The van der Waals surface area contributed by atoms with Gasteiger partial charge in [0.25, 0.3) is 0 Å². The molecule has 1 fully saturated rings. The van der Waals surface area contributed by atoms with E-state index in [-0.39, 0.29) is 6.61 Å². The van der Waals surface area contributed by atoms with Crippen molar-refractivity contribution in [3.63, 3.8) is 0 Å². The minimum absolute atomic E-state index is 0.220. The Morgan fingerprint density at radius 2 is 1.88 bits per heavy atom. The first-order valence-corrected chi connectivity index (χ1v) is 9.54. The summed E-state index contributed by atoms with van der Waals surface area (Å²) in [5.74, 6) is 0.671. The van der Waals surface area contributed by atoms with Gasteiger partial charge in [0.15, 0.2) is 5.82 Å². The van der Waals surface area contributed by atoms with E-state index < -0.39 is 5.60 Å². The van der Waals surface area contributed by atoms with Crippen molar-refractivity contribution in [2.24, 2.45) is 0 Å². The predicted octanol–water partition coefficient (Wildman–Crippen LogP) is 3.99. The summed E-state index contributed by atoms with van der Waals surface area (Å²) in [5.41, 5.74) is 1.94. The lowest BCUT2D eigenvalue weighted by Gasteiger charge is -2.38. The molecule has 2 aromatic rings. The number of anilines is 1. The Hall–Kier alpha value is -1.40. The van der Waals surface area contributed by atoms with E-state index in [9.17, 15) is 10.2 Å². The second kappa shape index (κ2) is 7.69. The molecule has 0 saturated carbocycles. The molecule has 2 N–H and O–H groups in total. The number of piperidine rings is 1. The number of nitrogens with zero attached hydrogens (tertiary/aromatic N) is 3. The topological polar surface area (TPSA) is 69.5 Å². The molecular formula is C19H23Cl2N3O2. The van der Waals surface area contributed by atoms with Gasteiger partial charge in [0.1, 0.15) is 5.69 Å². The van der Waals surface area contributed by atoms with Gasteiger partial charge in [-0.1, -0.05) is 42.3 Å². The van der Waals surface area contributed by atoms with Crippen LogP contribution in [0.1, 0.15) is 37.6 Å². The number of aromatic nitrogens is 2. The largest absolute Gasteiger partial charge is 0.390 e. The van der Waals surface area contributed by atoms with Crippen molar-refractivity contribution in [3.05, 3.63) is 39.6 Å². The minimum Gasteiger partial charge on any atom is -0.390 e. The number of rotatable bonds is 4. The summed E-state index contributed by atoms with van der Waals surface area (Å²) in [5, 5.41) is 21.2. The van der Waals surface area contributed by atoms with Crippen LogP contribution in [0.5, 0.6) is 0 Å². The van der Waals surface area contributed by atoms with Crippen LogP contribution in [0.4, 0.5) is 5.82 Å². The fraction of sp³-hybridized carbons (Fsp3) is 0.474. The van der Waals surface area contributed by atoms with E-state index in [4.69, 9.17) is 28.2 Å². The maximum absolute atomic E-state index is 10.4. The lowest BCUT2D eigenvalue weighted by molar-refractivity contribution is 0.0124. The van der Waals surface area contributed by atoms with Gasteiger partial charge in [0.05, 0.1) is 33.6 Å². The molecule has 0 bridgehead atoms. The lowest BCUT2D eigenvalue weighted by atomic mass is 9.89. The maximum atomic E-state index is 10.4. The number of halogens is 2. The SMILES string of the molecule is CCC1(O)CCN(c2nc(C)c(-c3cccc(Cl)c3Cl)nc2CO)CC1. The van der Waals surface area contributed by atoms with Gasteiger partial charge in [0, 0.05) is 18.7 Å². The Labute approximate surface area is 163 Å². The Bertz CT molecular complexity index is 806. The molecule has 0 spiro atoms. The van der Waals surface area contributed by atoms with E-state index in [1.165, 1.54) is 0 Å². The van der Waals surface area contributed by atoms with Crippen LogP contribution in [0, 0.1) is 6.92 Å². The number of benzene rings is 1. The Kier molecular flexibility index (Phi) is 5.72. The molecule has 1 aromatic heterocycles. The highest BCUT2D eigenvalue weighted by molar-refractivity contribution is 6.43. The van der Waals surface area contributed by atoms with Gasteiger partial charge in [-0.25, -0.2) is 9.97 Å². The molecule has 26 heavy (non-hydrogen) atoms. The molecule has 5 nitrogen and oxygen atoms in total. The summed E-state index contributed by atoms with van der Waals surface area (Å²) in [6.45, 7) is 5.02. The summed E-state index contributed by atoms with van der Waals surface area (Å²) >= 11 is 12.5. The molecule has 1 aromatic carbocycles. The zero-order chi connectivity index (χ0) is 18.9. The molecule has 1 aliphatic rings. The van der Waals surface area contributed by atoms with Gasteiger partial charge >= 0.3 is 0 Å². The second-order valence-electron chi connectivity index (χ2n) is 6.75. The molecule has 1 aliphatic heterocycles. The van der Waals surface area contributed by atoms with Crippen molar-refractivity contribution in [2.45, 2.75) is 45.3 Å². The Morgan fingerprint density at radius 3 is 2.50 bits per heavy atom. The summed E-state index contributed by atoms with van der Waals surface area (Å²) in [6, 6.07) is 5.38. The predicted molar refractivity (Wildman–Crippen MR) is 105 cm³/mol. The van der Waals surface area contributed by atoms with Gasteiger partial charge in [0.2, 0.25) is 0 Å². The highest BCUT2D eigenvalue weighted by atomic mass is 35.5. The van der Waals surface area contributed by atoms with Crippen LogP contribution in [-0.4, -0.2) is 38.9 Å². The van der Waals surface area contributed by atoms with E-state index in [0.29, 0.717) is 58.7 Å². The van der Waals surface area contributed by atoms with Gasteiger partial charge in [-0.05, 0) is 32.3 Å². The van der Waals surface area contributed by atoms with Gasteiger partial charge < -0.3 is 15.1 Å². The Balaban J connectivity index is 1.97. The zero-order valence-corrected chi connectivity index (χ0v) is 16.5. The fourth-order valence-corrected chi connectivity index (χ4v) is 3.72. The van der Waals surface area contributed by atoms with Crippen molar-refractivity contribution in [1.29, 1.82) is 0 Å². The van der Waals surface area contributed by atoms with Crippen LogP contribution in [-0.2, 0) is 6.61 Å². The van der Waals surface area contributed by atoms with E-state index in [2.05, 4.69) is 9.88 Å². The molecule has 0 radical (unpaired) electrons. The quantitative estimate of drug-likeness (QED) is 0.818. The normalized spacial score (nSPS) is 16.8. The molecular weight excluding hydrogens is 373 g/mol. The molecule has 0 atom stereocenters. The molecule has 0 unspecified atom stereocenters. The first kappa shape index (κ1) is 19.4. The first-order valence-electron chi connectivity index (χ1n) is 8.78. The third-order valence-corrected chi connectivity index (χ3v) is 5.95. The van der Waals surface area contributed by atoms with Crippen molar-refractivity contribution < 1.29 is 10.2 Å². The summed E-state index contributed by atoms with van der Waals surface area (Å²) < 4.78 is 0. The van der Waals surface area contributed by atoms with E-state index in [0.717, 1.165) is 12.1 Å². The molecule has 1 saturated heterocycles. The zero-order valence-electron chi connectivity index (χ0n) is 15.0.